The van der Waals surface area contributed by atoms with Crippen molar-refractivity contribution in [1.82, 2.24) is 0 Å². The number of aldehydes is 1. The number of nitrogens with two attached hydrogens (primary N) is 1. The van der Waals surface area contributed by atoms with Gasteiger partial charge in [-0.05, 0) is 73.1 Å². The first kappa shape index (κ1) is 33.8. The van der Waals surface area contributed by atoms with Crippen LogP contribution in [-0.4, -0.2) is 45.2 Å². The van der Waals surface area contributed by atoms with E-state index in [1.165, 1.54) is 24.8 Å². The third kappa shape index (κ3) is 10.8. The predicted octanol–water partition coefficient (Wildman–Crippen LogP) is 6.14. The van der Waals surface area contributed by atoms with Crippen LogP contribution in [0.5, 0.6) is 17.2 Å². The molecule has 0 atom stereocenters. The van der Waals surface area contributed by atoms with Crippen molar-refractivity contribution >= 4 is 12.3 Å². The highest BCUT2D eigenvalue weighted by molar-refractivity contribution is 5.87. The van der Waals surface area contributed by atoms with E-state index in [0.29, 0.717) is 24.4 Å². The Labute approximate surface area is 226 Å². The maximum atomic E-state index is 12.2. The summed E-state index contributed by atoms with van der Waals surface area (Å²) in [6.07, 6.45) is -9.04. The van der Waals surface area contributed by atoms with Gasteiger partial charge in [0.15, 0.2) is 11.5 Å². The molecule has 3 rings (SSSR count). The van der Waals surface area contributed by atoms with E-state index in [9.17, 15) is 35.9 Å². The summed E-state index contributed by atoms with van der Waals surface area (Å²) in [6.45, 7) is 0.648. The van der Waals surface area contributed by atoms with Gasteiger partial charge < -0.3 is 25.1 Å². The van der Waals surface area contributed by atoms with Gasteiger partial charge in [-0.2, -0.15) is 26.3 Å². The Morgan fingerprint density at radius 3 is 1.70 bits per heavy atom. The minimum Gasteiger partial charge on any atom is -0.497 e. The maximum absolute atomic E-state index is 12.2. The van der Waals surface area contributed by atoms with Crippen LogP contribution in [0.4, 0.5) is 26.3 Å². The van der Waals surface area contributed by atoms with Gasteiger partial charge in [0.05, 0.1) is 38.0 Å². The normalized spacial score (nSPS) is 10.8. The molecule has 0 unspecified atom stereocenters. The predicted molar refractivity (Wildman–Crippen MR) is 134 cm³/mol. The number of carboxylic acids is 1. The van der Waals surface area contributed by atoms with Gasteiger partial charge in [0.25, 0.3) is 0 Å². The number of aromatic carboxylic acids is 1. The van der Waals surface area contributed by atoms with Crippen LogP contribution in [0, 0.1) is 0 Å². The standard InChI is InChI=1S/C10H15NO2.C9H4F6O.C8H8O3/c1-12-9-4-3-8(5-6-11)7-10(9)13-2;10-8(11,12)6-1-5(4-16)2-7(3-6)9(13,14)15;1-11-7-4-2-6(3-5-7)8(9)10/h3-4,7H,5-6,11H2,1-2H3;1-4H;2-5H,1H3,(H,9,10). The zero-order valence-electron chi connectivity index (χ0n) is 21.6. The second-order valence-electron chi connectivity index (χ2n) is 7.72. The molecule has 3 N–H and O–H groups in total. The quantitative estimate of drug-likeness (QED) is 0.258. The Hall–Kier alpha value is -4.26. The number of hydrogen-bond donors (Lipinski definition) is 2. The fourth-order valence-electron chi connectivity index (χ4n) is 2.98. The van der Waals surface area contributed by atoms with Gasteiger partial charge in [0.1, 0.15) is 12.0 Å². The number of ether oxygens (including phenoxy) is 3. The molecule has 0 amide bonds. The zero-order valence-corrected chi connectivity index (χ0v) is 21.6. The number of carboxylic acid groups (broad SMARTS) is 1. The van der Waals surface area contributed by atoms with Crippen LogP contribution in [-0.2, 0) is 18.8 Å². The summed E-state index contributed by atoms with van der Waals surface area (Å²) in [7, 11) is 4.79. The Morgan fingerprint density at radius 2 is 1.32 bits per heavy atom. The lowest BCUT2D eigenvalue weighted by Gasteiger charge is -2.12. The number of methoxy groups -OCH3 is 3. The van der Waals surface area contributed by atoms with E-state index in [0.717, 1.165) is 17.9 Å². The molecule has 7 nitrogen and oxygen atoms in total. The van der Waals surface area contributed by atoms with E-state index >= 15 is 0 Å². The number of carbonyl (C=O) groups is 2. The molecule has 3 aromatic carbocycles. The first-order valence-corrected chi connectivity index (χ1v) is 11.2. The van der Waals surface area contributed by atoms with Crippen molar-refractivity contribution in [1.29, 1.82) is 0 Å². The molecule has 0 aliphatic carbocycles. The monoisotopic (exact) mass is 575 g/mol. The molecule has 0 aromatic heterocycles. The summed E-state index contributed by atoms with van der Waals surface area (Å²) in [5.74, 6) is 1.25. The van der Waals surface area contributed by atoms with Crippen LogP contribution in [0.25, 0.3) is 0 Å². The summed E-state index contributed by atoms with van der Waals surface area (Å²) in [5, 5.41) is 8.51. The summed E-state index contributed by atoms with van der Waals surface area (Å²) in [4.78, 5) is 20.6. The van der Waals surface area contributed by atoms with Crippen LogP contribution in [0.3, 0.4) is 0 Å². The maximum Gasteiger partial charge on any atom is 0.416 e. The molecule has 0 fully saturated rings. The number of benzene rings is 3. The van der Waals surface area contributed by atoms with Crippen molar-refractivity contribution in [3.63, 3.8) is 0 Å². The van der Waals surface area contributed by atoms with Crippen molar-refractivity contribution in [2.45, 2.75) is 18.8 Å². The number of halogens is 6. The molecule has 0 aliphatic heterocycles. The fourth-order valence-corrected chi connectivity index (χ4v) is 2.98. The van der Waals surface area contributed by atoms with Gasteiger partial charge in [-0.3, -0.25) is 4.79 Å². The van der Waals surface area contributed by atoms with Crippen molar-refractivity contribution in [3.05, 3.63) is 88.5 Å². The van der Waals surface area contributed by atoms with Crippen LogP contribution >= 0.6 is 0 Å². The van der Waals surface area contributed by atoms with Crippen LogP contribution < -0.4 is 19.9 Å². The van der Waals surface area contributed by atoms with E-state index in [-0.39, 0.29) is 17.9 Å². The molecule has 0 saturated carbocycles. The molecule has 3 aromatic rings. The fraction of sp³-hybridized carbons (Fsp3) is 0.259. The Bertz CT molecular complexity index is 1210. The Kier molecular flexibility index (Phi) is 13.0. The Balaban J connectivity index is 0.000000305. The topological polar surface area (TPSA) is 108 Å². The summed E-state index contributed by atoms with van der Waals surface area (Å²) >= 11 is 0. The molecule has 40 heavy (non-hydrogen) atoms. The molecule has 0 bridgehead atoms. The van der Waals surface area contributed by atoms with Gasteiger partial charge in [-0.15, -0.1) is 0 Å². The van der Waals surface area contributed by atoms with Crippen LogP contribution in [0.1, 0.15) is 37.4 Å². The number of hydrogen-bond acceptors (Lipinski definition) is 6. The molecule has 0 heterocycles. The number of carbonyl (C=O) groups excluding carboxylic acids is 1. The average molecular weight is 576 g/mol. The Morgan fingerprint density at radius 1 is 0.800 bits per heavy atom. The van der Waals surface area contributed by atoms with E-state index < -0.39 is 35.0 Å². The van der Waals surface area contributed by atoms with Crippen LogP contribution in [0.15, 0.2) is 60.7 Å². The third-order valence-electron chi connectivity index (χ3n) is 4.96. The van der Waals surface area contributed by atoms with Gasteiger partial charge in [0, 0.05) is 5.56 Å². The molecular formula is C27H27F6NO6. The highest BCUT2D eigenvalue weighted by Crippen LogP contribution is 2.36. The lowest BCUT2D eigenvalue weighted by Crippen LogP contribution is -2.11. The molecule has 0 radical (unpaired) electrons. The van der Waals surface area contributed by atoms with E-state index in [1.807, 2.05) is 18.2 Å². The van der Waals surface area contributed by atoms with E-state index in [1.54, 1.807) is 26.4 Å². The van der Waals surface area contributed by atoms with Crippen LogP contribution in [0.2, 0.25) is 0 Å². The number of rotatable bonds is 7. The molecule has 218 valence electrons. The van der Waals surface area contributed by atoms with Gasteiger partial charge in [-0.25, -0.2) is 4.79 Å². The van der Waals surface area contributed by atoms with Crippen molar-refractivity contribution in [2.75, 3.05) is 27.9 Å². The van der Waals surface area contributed by atoms with E-state index in [2.05, 4.69) is 0 Å². The first-order chi connectivity index (χ1) is 18.7. The SMILES string of the molecule is COc1ccc(C(=O)O)cc1.COc1ccc(CCN)cc1OC.O=Cc1cc(C(F)(F)F)cc(C(F)(F)F)c1. The zero-order chi connectivity index (χ0) is 30.5. The molecule has 0 aliphatic rings. The summed E-state index contributed by atoms with van der Waals surface area (Å²) < 4.78 is 88.3. The van der Waals surface area contributed by atoms with Crippen molar-refractivity contribution in [3.8, 4) is 17.2 Å². The smallest absolute Gasteiger partial charge is 0.416 e. The van der Waals surface area contributed by atoms with Crippen molar-refractivity contribution < 1.29 is 55.2 Å². The summed E-state index contributed by atoms with van der Waals surface area (Å²) in [6, 6.07) is 12.8. The minimum absolute atomic E-state index is 0.0347. The summed E-state index contributed by atoms with van der Waals surface area (Å²) in [5.41, 5.74) is 3.23. The van der Waals surface area contributed by atoms with Gasteiger partial charge in [-0.1, -0.05) is 6.07 Å². The lowest BCUT2D eigenvalue weighted by atomic mass is 10.1. The average Bonchev–Trinajstić information content (AvgIpc) is 2.92. The van der Waals surface area contributed by atoms with Gasteiger partial charge >= 0.3 is 18.3 Å². The van der Waals surface area contributed by atoms with E-state index in [4.69, 9.17) is 25.1 Å². The molecular weight excluding hydrogens is 548 g/mol. The molecule has 0 spiro atoms. The minimum atomic E-state index is -4.92. The second-order valence-corrected chi connectivity index (χ2v) is 7.72. The highest BCUT2D eigenvalue weighted by Gasteiger charge is 2.36. The van der Waals surface area contributed by atoms with Gasteiger partial charge in [0.2, 0.25) is 0 Å². The lowest BCUT2D eigenvalue weighted by molar-refractivity contribution is -0.143. The second kappa shape index (κ2) is 15.4. The molecule has 0 saturated heterocycles. The van der Waals surface area contributed by atoms with Crippen molar-refractivity contribution in [2.24, 2.45) is 5.73 Å². The highest BCUT2D eigenvalue weighted by atomic mass is 19.4. The largest absolute Gasteiger partial charge is 0.497 e. The third-order valence-corrected chi connectivity index (χ3v) is 4.96. The number of alkyl halides is 6. The molecule has 13 heteroatoms. The first-order valence-electron chi connectivity index (χ1n) is 11.2.